The van der Waals surface area contributed by atoms with Crippen LogP contribution in [0.4, 0.5) is 5.69 Å². The number of thiophene rings is 1. The third-order valence-electron chi connectivity index (χ3n) is 3.77. The summed E-state index contributed by atoms with van der Waals surface area (Å²) in [6.45, 7) is 7.45. The third kappa shape index (κ3) is 3.22. The summed E-state index contributed by atoms with van der Waals surface area (Å²) in [5.41, 5.74) is 10.3. The molecule has 2 nitrogen and oxygen atoms in total. The first-order chi connectivity index (χ1) is 9.67. The molecule has 2 unspecified atom stereocenters. The second-order valence-corrected chi connectivity index (χ2v) is 5.98. The summed E-state index contributed by atoms with van der Waals surface area (Å²) >= 11 is 1.74. The summed E-state index contributed by atoms with van der Waals surface area (Å²) in [5.74, 6) is 0. The van der Waals surface area contributed by atoms with Gasteiger partial charge in [-0.3, -0.25) is 0 Å². The van der Waals surface area contributed by atoms with Gasteiger partial charge in [-0.1, -0.05) is 19.1 Å². The molecule has 20 heavy (non-hydrogen) atoms. The van der Waals surface area contributed by atoms with E-state index in [2.05, 4.69) is 66.8 Å². The van der Waals surface area contributed by atoms with Gasteiger partial charge in [-0.2, -0.15) is 11.3 Å². The fourth-order valence-corrected chi connectivity index (χ4v) is 3.36. The first-order valence-electron chi connectivity index (χ1n) is 7.28. The van der Waals surface area contributed by atoms with Crippen molar-refractivity contribution >= 4 is 17.0 Å². The number of anilines is 1. The fraction of sp³-hybridized carbons (Fsp3) is 0.412. The van der Waals surface area contributed by atoms with Crippen molar-refractivity contribution in [1.29, 1.82) is 0 Å². The molecular formula is C17H24N2S. The van der Waals surface area contributed by atoms with Gasteiger partial charge in [0.2, 0.25) is 0 Å². The molecule has 2 aromatic rings. The van der Waals surface area contributed by atoms with Crippen LogP contribution in [0.2, 0.25) is 0 Å². The Morgan fingerprint density at radius 3 is 2.60 bits per heavy atom. The maximum absolute atomic E-state index is 6.42. The van der Waals surface area contributed by atoms with Crippen molar-refractivity contribution in [2.24, 2.45) is 5.73 Å². The van der Waals surface area contributed by atoms with Gasteiger partial charge in [0.25, 0.3) is 0 Å². The van der Waals surface area contributed by atoms with E-state index in [0.29, 0.717) is 0 Å². The fourth-order valence-electron chi connectivity index (χ4n) is 2.67. The van der Waals surface area contributed by atoms with Gasteiger partial charge in [-0.05, 0) is 60.4 Å². The number of aryl methyl sites for hydroxylation is 1. The predicted octanol–water partition coefficient (Wildman–Crippen LogP) is 4.36. The first-order valence-corrected chi connectivity index (χ1v) is 8.22. The van der Waals surface area contributed by atoms with Gasteiger partial charge in [0.15, 0.2) is 0 Å². The first kappa shape index (κ1) is 15.1. The van der Waals surface area contributed by atoms with Gasteiger partial charge in [0, 0.05) is 18.3 Å². The lowest BCUT2D eigenvalue weighted by atomic mass is 9.98. The molecule has 0 fully saturated rings. The Morgan fingerprint density at radius 2 is 2.05 bits per heavy atom. The minimum atomic E-state index is 0.144. The van der Waals surface area contributed by atoms with E-state index in [-0.39, 0.29) is 12.1 Å². The Balaban J connectivity index is 2.39. The minimum absolute atomic E-state index is 0.144. The van der Waals surface area contributed by atoms with E-state index in [0.717, 1.165) is 13.0 Å². The molecule has 0 spiro atoms. The van der Waals surface area contributed by atoms with Crippen LogP contribution in [-0.4, -0.2) is 12.6 Å². The number of rotatable bonds is 6. The van der Waals surface area contributed by atoms with Gasteiger partial charge in [-0.25, -0.2) is 0 Å². The highest BCUT2D eigenvalue weighted by molar-refractivity contribution is 7.08. The molecule has 108 valence electrons. The zero-order valence-corrected chi connectivity index (χ0v) is 13.4. The van der Waals surface area contributed by atoms with Crippen LogP contribution in [0.25, 0.3) is 0 Å². The second kappa shape index (κ2) is 6.91. The van der Waals surface area contributed by atoms with Gasteiger partial charge in [-0.15, -0.1) is 0 Å². The summed E-state index contributed by atoms with van der Waals surface area (Å²) in [4.78, 5) is 2.42. The molecule has 0 aliphatic rings. The summed E-state index contributed by atoms with van der Waals surface area (Å²) in [7, 11) is 0. The summed E-state index contributed by atoms with van der Waals surface area (Å²) in [6.07, 6.45) is 0.975. The van der Waals surface area contributed by atoms with Crippen LogP contribution < -0.4 is 10.6 Å². The molecule has 0 radical (unpaired) electrons. The highest BCUT2D eigenvalue weighted by Crippen LogP contribution is 2.31. The molecule has 3 heteroatoms. The standard InChI is InChI=1S/C17H24N2S/c1-4-16(18)17(14-9-10-20-12-14)19(5-2)15-8-6-7-13(3)11-15/h6-12,16-17H,4-5,18H2,1-3H3. The van der Waals surface area contributed by atoms with E-state index in [1.165, 1.54) is 16.8 Å². The Kier molecular flexibility index (Phi) is 5.21. The molecule has 2 N–H and O–H groups in total. The molecule has 1 aromatic heterocycles. The highest BCUT2D eigenvalue weighted by Gasteiger charge is 2.25. The molecule has 2 rings (SSSR count). The predicted molar refractivity (Wildman–Crippen MR) is 89.5 cm³/mol. The number of nitrogens with zero attached hydrogens (tertiary/aromatic N) is 1. The SMILES string of the molecule is CCC(N)C(c1ccsc1)N(CC)c1cccc(C)c1. The number of hydrogen-bond donors (Lipinski definition) is 1. The lowest BCUT2D eigenvalue weighted by molar-refractivity contribution is 0.496. The number of nitrogens with two attached hydrogens (primary N) is 1. The average Bonchev–Trinajstić information content (AvgIpc) is 2.97. The van der Waals surface area contributed by atoms with E-state index >= 15 is 0 Å². The van der Waals surface area contributed by atoms with Crippen LogP contribution in [0, 0.1) is 6.92 Å². The maximum atomic E-state index is 6.42. The lowest BCUT2D eigenvalue weighted by Gasteiger charge is -2.36. The Morgan fingerprint density at radius 1 is 1.25 bits per heavy atom. The molecule has 1 heterocycles. The summed E-state index contributed by atoms with van der Waals surface area (Å²) in [5, 5.41) is 4.35. The van der Waals surface area contributed by atoms with Crippen molar-refractivity contribution in [2.75, 3.05) is 11.4 Å². The second-order valence-electron chi connectivity index (χ2n) is 5.20. The quantitative estimate of drug-likeness (QED) is 0.855. The monoisotopic (exact) mass is 288 g/mol. The zero-order chi connectivity index (χ0) is 14.5. The molecular weight excluding hydrogens is 264 g/mol. The third-order valence-corrected chi connectivity index (χ3v) is 4.47. The molecule has 0 aliphatic carbocycles. The van der Waals surface area contributed by atoms with Crippen molar-refractivity contribution < 1.29 is 0 Å². The minimum Gasteiger partial charge on any atom is -0.363 e. The summed E-state index contributed by atoms with van der Waals surface area (Å²) < 4.78 is 0. The lowest BCUT2D eigenvalue weighted by Crippen LogP contribution is -2.40. The average molecular weight is 288 g/mol. The maximum Gasteiger partial charge on any atom is 0.0701 e. The molecule has 0 aliphatic heterocycles. The highest BCUT2D eigenvalue weighted by atomic mass is 32.1. The van der Waals surface area contributed by atoms with Gasteiger partial charge in [0.1, 0.15) is 0 Å². The van der Waals surface area contributed by atoms with Crippen LogP contribution >= 0.6 is 11.3 Å². The van der Waals surface area contributed by atoms with Gasteiger partial charge >= 0.3 is 0 Å². The summed E-state index contributed by atoms with van der Waals surface area (Å²) in [6, 6.07) is 11.3. The van der Waals surface area contributed by atoms with Crippen LogP contribution in [0.5, 0.6) is 0 Å². The van der Waals surface area contributed by atoms with Crippen molar-refractivity contribution in [2.45, 2.75) is 39.3 Å². The molecule has 0 amide bonds. The van der Waals surface area contributed by atoms with Crippen LogP contribution in [0.1, 0.15) is 37.4 Å². The molecule has 0 saturated carbocycles. The van der Waals surface area contributed by atoms with E-state index in [1.54, 1.807) is 11.3 Å². The van der Waals surface area contributed by atoms with Crippen LogP contribution in [0.15, 0.2) is 41.1 Å². The van der Waals surface area contributed by atoms with E-state index < -0.39 is 0 Å². The smallest absolute Gasteiger partial charge is 0.0701 e. The van der Waals surface area contributed by atoms with Crippen molar-refractivity contribution in [3.05, 3.63) is 52.2 Å². The van der Waals surface area contributed by atoms with E-state index in [4.69, 9.17) is 5.73 Å². The van der Waals surface area contributed by atoms with Crippen molar-refractivity contribution in [3.8, 4) is 0 Å². The molecule has 2 atom stereocenters. The Labute approximate surface area is 126 Å². The Bertz CT molecular complexity index is 522. The van der Waals surface area contributed by atoms with Gasteiger partial charge < -0.3 is 10.6 Å². The number of likely N-dealkylation sites (N-methyl/N-ethyl adjacent to an activating group) is 1. The molecule has 1 aromatic carbocycles. The van der Waals surface area contributed by atoms with Crippen molar-refractivity contribution in [3.63, 3.8) is 0 Å². The zero-order valence-electron chi connectivity index (χ0n) is 12.5. The number of hydrogen-bond acceptors (Lipinski definition) is 3. The largest absolute Gasteiger partial charge is 0.363 e. The van der Waals surface area contributed by atoms with Crippen LogP contribution in [0.3, 0.4) is 0 Å². The van der Waals surface area contributed by atoms with E-state index in [1.807, 2.05) is 0 Å². The van der Waals surface area contributed by atoms with E-state index in [9.17, 15) is 0 Å². The number of benzene rings is 1. The normalized spacial score (nSPS) is 14.0. The molecule has 0 bridgehead atoms. The molecule has 0 saturated heterocycles. The Hall–Kier alpha value is -1.32. The van der Waals surface area contributed by atoms with Gasteiger partial charge in [0.05, 0.1) is 6.04 Å². The van der Waals surface area contributed by atoms with Crippen LogP contribution in [-0.2, 0) is 0 Å². The topological polar surface area (TPSA) is 29.3 Å². The van der Waals surface area contributed by atoms with Crippen molar-refractivity contribution in [1.82, 2.24) is 0 Å².